The first-order valence-electron chi connectivity index (χ1n) is 6.13. The van der Waals surface area contributed by atoms with E-state index in [1.165, 1.54) is 5.56 Å². The van der Waals surface area contributed by atoms with E-state index in [1.54, 1.807) is 0 Å². The summed E-state index contributed by atoms with van der Waals surface area (Å²) in [5.41, 5.74) is 3.22. The van der Waals surface area contributed by atoms with Crippen LogP contribution in [-0.2, 0) is 4.79 Å². The molecule has 1 aromatic carbocycles. The van der Waals surface area contributed by atoms with Gasteiger partial charge in [-0.05, 0) is 32.0 Å². The Bertz CT molecular complexity index is 388. The van der Waals surface area contributed by atoms with Crippen molar-refractivity contribution in [2.24, 2.45) is 5.92 Å². The van der Waals surface area contributed by atoms with E-state index in [-0.39, 0.29) is 11.8 Å². The summed E-state index contributed by atoms with van der Waals surface area (Å²) in [7, 11) is 0. The highest BCUT2D eigenvalue weighted by Crippen LogP contribution is 2.16. The minimum Gasteiger partial charge on any atom is -0.326 e. The number of rotatable bonds is 5. The molecular formula is C14H22N2O. The van der Waals surface area contributed by atoms with Gasteiger partial charge in [0.2, 0.25) is 5.91 Å². The second-order valence-corrected chi connectivity index (χ2v) is 4.52. The third kappa shape index (κ3) is 4.19. The Morgan fingerprint density at radius 3 is 2.65 bits per heavy atom. The lowest BCUT2D eigenvalue weighted by Gasteiger charge is -2.14. The molecule has 2 N–H and O–H groups in total. The molecule has 1 aromatic rings. The molecule has 0 aliphatic rings. The van der Waals surface area contributed by atoms with Crippen LogP contribution < -0.4 is 10.6 Å². The molecule has 0 fully saturated rings. The maximum absolute atomic E-state index is 11.9. The normalized spacial score (nSPS) is 12.2. The summed E-state index contributed by atoms with van der Waals surface area (Å²) in [5.74, 6) is 0.0496. The maximum atomic E-state index is 11.9. The predicted molar refractivity (Wildman–Crippen MR) is 72.3 cm³/mol. The summed E-state index contributed by atoms with van der Waals surface area (Å²) in [6, 6.07) is 6.05. The molecule has 0 spiro atoms. The standard InChI is InChI=1S/C14H22N2O/c1-5-15-9-12(4)14(17)16-13-7-6-10(2)8-11(13)3/h6-8,12,15H,5,9H2,1-4H3,(H,16,17). The SMILES string of the molecule is CCNCC(C)C(=O)Nc1ccc(C)cc1C. The van der Waals surface area contributed by atoms with Crippen molar-refractivity contribution < 1.29 is 4.79 Å². The van der Waals surface area contributed by atoms with E-state index in [4.69, 9.17) is 0 Å². The van der Waals surface area contributed by atoms with Gasteiger partial charge in [-0.3, -0.25) is 4.79 Å². The largest absolute Gasteiger partial charge is 0.326 e. The average Bonchev–Trinajstić information content (AvgIpc) is 2.29. The predicted octanol–water partition coefficient (Wildman–Crippen LogP) is 2.49. The Kier molecular flexibility index (Phi) is 5.16. The zero-order chi connectivity index (χ0) is 12.8. The molecule has 0 heterocycles. The molecule has 1 amide bonds. The van der Waals surface area contributed by atoms with Gasteiger partial charge in [0.25, 0.3) is 0 Å². The van der Waals surface area contributed by atoms with Crippen molar-refractivity contribution in [2.75, 3.05) is 18.4 Å². The first-order chi connectivity index (χ1) is 8.04. The number of benzene rings is 1. The molecule has 1 rings (SSSR count). The van der Waals surface area contributed by atoms with Crippen molar-refractivity contribution in [1.29, 1.82) is 0 Å². The van der Waals surface area contributed by atoms with Gasteiger partial charge < -0.3 is 10.6 Å². The zero-order valence-electron chi connectivity index (χ0n) is 11.1. The van der Waals surface area contributed by atoms with E-state index in [2.05, 4.69) is 16.7 Å². The van der Waals surface area contributed by atoms with Crippen molar-refractivity contribution >= 4 is 11.6 Å². The van der Waals surface area contributed by atoms with E-state index >= 15 is 0 Å². The number of anilines is 1. The third-order valence-corrected chi connectivity index (χ3v) is 2.79. The molecule has 94 valence electrons. The summed E-state index contributed by atoms with van der Waals surface area (Å²) >= 11 is 0. The van der Waals surface area contributed by atoms with Crippen LogP contribution in [0.4, 0.5) is 5.69 Å². The second kappa shape index (κ2) is 6.40. The Balaban J connectivity index is 2.61. The van der Waals surface area contributed by atoms with Crippen LogP contribution in [0.25, 0.3) is 0 Å². The number of hydrogen-bond acceptors (Lipinski definition) is 2. The van der Waals surface area contributed by atoms with Gasteiger partial charge >= 0.3 is 0 Å². The third-order valence-electron chi connectivity index (χ3n) is 2.79. The van der Waals surface area contributed by atoms with Crippen molar-refractivity contribution in [3.63, 3.8) is 0 Å². The average molecular weight is 234 g/mol. The Labute approximate surface area is 104 Å². The van der Waals surface area contributed by atoms with Crippen molar-refractivity contribution in [2.45, 2.75) is 27.7 Å². The van der Waals surface area contributed by atoms with Gasteiger partial charge in [-0.15, -0.1) is 0 Å². The van der Waals surface area contributed by atoms with E-state index in [9.17, 15) is 4.79 Å². The summed E-state index contributed by atoms with van der Waals surface area (Å²) in [6.45, 7) is 9.63. The minimum absolute atomic E-state index is 0.0179. The van der Waals surface area contributed by atoms with Gasteiger partial charge in [-0.25, -0.2) is 0 Å². The van der Waals surface area contributed by atoms with Gasteiger partial charge in [-0.1, -0.05) is 31.5 Å². The van der Waals surface area contributed by atoms with E-state index in [0.717, 1.165) is 17.8 Å². The van der Waals surface area contributed by atoms with Gasteiger partial charge in [-0.2, -0.15) is 0 Å². The lowest BCUT2D eigenvalue weighted by molar-refractivity contribution is -0.119. The fraction of sp³-hybridized carbons (Fsp3) is 0.500. The number of aryl methyl sites for hydroxylation is 2. The fourth-order valence-electron chi connectivity index (χ4n) is 1.66. The fourth-order valence-corrected chi connectivity index (χ4v) is 1.66. The number of carbonyl (C=O) groups excluding carboxylic acids is 1. The van der Waals surface area contributed by atoms with Crippen LogP contribution in [0.2, 0.25) is 0 Å². The molecule has 3 nitrogen and oxygen atoms in total. The van der Waals surface area contributed by atoms with Gasteiger partial charge in [0.05, 0.1) is 0 Å². The van der Waals surface area contributed by atoms with Crippen LogP contribution in [0.3, 0.4) is 0 Å². The van der Waals surface area contributed by atoms with E-state index in [1.807, 2.05) is 39.8 Å². The summed E-state index contributed by atoms with van der Waals surface area (Å²) in [4.78, 5) is 11.9. The molecule has 0 bridgehead atoms. The number of amides is 1. The molecule has 0 saturated carbocycles. The van der Waals surface area contributed by atoms with Crippen LogP contribution in [0, 0.1) is 19.8 Å². The van der Waals surface area contributed by atoms with Gasteiger partial charge in [0.1, 0.15) is 0 Å². The number of hydrogen-bond donors (Lipinski definition) is 2. The molecule has 1 atom stereocenters. The monoisotopic (exact) mass is 234 g/mol. The molecule has 3 heteroatoms. The minimum atomic E-state index is -0.0179. The molecule has 0 aliphatic heterocycles. The zero-order valence-corrected chi connectivity index (χ0v) is 11.1. The van der Waals surface area contributed by atoms with Crippen molar-refractivity contribution in [3.05, 3.63) is 29.3 Å². The lowest BCUT2D eigenvalue weighted by Crippen LogP contribution is -2.30. The number of nitrogens with one attached hydrogen (secondary N) is 2. The van der Waals surface area contributed by atoms with E-state index < -0.39 is 0 Å². The molecule has 0 radical (unpaired) electrons. The first-order valence-corrected chi connectivity index (χ1v) is 6.13. The van der Waals surface area contributed by atoms with Crippen LogP contribution in [0.1, 0.15) is 25.0 Å². The topological polar surface area (TPSA) is 41.1 Å². The first kappa shape index (κ1) is 13.7. The maximum Gasteiger partial charge on any atom is 0.228 e. The van der Waals surface area contributed by atoms with Crippen LogP contribution >= 0.6 is 0 Å². The molecule has 0 aliphatic carbocycles. The Morgan fingerprint density at radius 1 is 1.35 bits per heavy atom. The highest BCUT2D eigenvalue weighted by molar-refractivity contribution is 5.93. The van der Waals surface area contributed by atoms with Gasteiger partial charge in [0, 0.05) is 18.2 Å². The lowest BCUT2D eigenvalue weighted by atomic mass is 10.1. The van der Waals surface area contributed by atoms with Crippen LogP contribution in [0.5, 0.6) is 0 Å². The van der Waals surface area contributed by atoms with E-state index in [0.29, 0.717) is 6.54 Å². The summed E-state index contributed by atoms with van der Waals surface area (Å²) in [6.07, 6.45) is 0. The quantitative estimate of drug-likeness (QED) is 0.822. The van der Waals surface area contributed by atoms with Gasteiger partial charge in [0.15, 0.2) is 0 Å². The van der Waals surface area contributed by atoms with Crippen LogP contribution in [-0.4, -0.2) is 19.0 Å². The summed E-state index contributed by atoms with van der Waals surface area (Å²) < 4.78 is 0. The van der Waals surface area contributed by atoms with Crippen molar-refractivity contribution in [1.82, 2.24) is 5.32 Å². The molecule has 1 unspecified atom stereocenters. The molecule has 0 saturated heterocycles. The molecule has 0 aromatic heterocycles. The number of carbonyl (C=O) groups is 1. The Hall–Kier alpha value is -1.35. The molecular weight excluding hydrogens is 212 g/mol. The molecule has 17 heavy (non-hydrogen) atoms. The Morgan fingerprint density at radius 2 is 2.06 bits per heavy atom. The highest BCUT2D eigenvalue weighted by atomic mass is 16.1. The summed E-state index contributed by atoms with van der Waals surface area (Å²) in [5, 5.41) is 6.14. The van der Waals surface area contributed by atoms with Crippen molar-refractivity contribution in [3.8, 4) is 0 Å². The van der Waals surface area contributed by atoms with Crippen LogP contribution in [0.15, 0.2) is 18.2 Å². The highest BCUT2D eigenvalue weighted by Gasteiger charge is 2.12. The smallest absolute Gasteiger partial charge is 0.228 e. The second-order valence-electron chi connectivity index (χ2n) is 4.52.